The molecular formula is C12H10N2O. The molecule has 1 N–H and O–H groups in total. The van der Waals surface area contributed by atoms with E-state index in [2.05, 4.69) is 5.11 Å². The van der Waals surface area contributed by atoms with Crippen LogP contribution in [-0.2, 0) is 0 Å². The van der Waals surface area contributed by atoms with Crippen molar-refractivity contribution >= 4 is 5.69 Å². The van der Waals surface area contributed by atoms with Crippen LogP contribution < -0.4 is 4.74 Å². The molecule has 0 radical (unpaired) electrons. The quantitative estimate of drug-likeness (QED) is 0.740. The molecule has 0 aromatic heterocycles. The van der Waals surface area contributed by atoms with E-state index in [0.717, 1.165) is 11.5 Å². The highest BCUT2D eigenvalue weighted by atomic mass is 16.5. The fraction of sp³-hybridized carbons (Fsp3) is 0. The van der Waals surface area contributed by atoms with Gasteiger partial charge >= 0.3 is 0 Å². The number of nitrogens with one attached hydrogen (secondary N) is 1. The highest BCUT2D eigenvalue weighted by Crippen LogP contribution is 2.23. The maximum atomic E-state index is 6.82. The molecular weight excluding hydrogens is 188 g/mol. The molecule has 74 valence electrons. The summed E-state index contributed by atoms with van der Waals surface area (Å²) in [4.78, 5) is 0. The second-order valence-corrected chi connectivity index (χ2v) is 3.02. The molecule has 0 spiro atoms. The van der Waals surface area contributed by atoms with Crippen LogP contribution >= 0.6 is 0 Å². The molecule has 15 heavy (non-hydrogen) atoms. The first-order valence-corrected chi connectivity index (χ1v) is 4.59. The minimum Gasteiger partial charge on any atom is -0.457 e. The lowest BCUT2D eigenvalue weighted by molar-refractivity contribution is 0.483. The predicted octanol–water partition coefficient (Wildman–Crippen LogP) is 4.14. The van der Waals surface area contributed by atoms with Crippen molar-refractivity contribution < 1.29 is 4.74 Å². The van der Waals surface area contributed by atoms with Gasteiger partial charge < -0.3 is 4.74 Å². The minimum absolute atomic E-state index is 0.621. The van der Waals surface area contributed by atoms with E-state index in [1.165, 1.54) is 0 Å². The first-order valence-electron chi connectivity index (χ1n) is 4.59. The van der Waals surface area contributed by atoms with Gasteiger partial charge in [-0.3, -0.25) is 0 Å². The number of para-hydroxylation sites is 1. The van der Waals surface area contributed by atoms with Gasteiger partial charge in [0.15, 0.2) is 0 Å². The largest absolute Gasteiger partial charge is 0.457 e. The van der Waals surface area contributed by atoms with Crippen molar-refractivity contribution in [2.45, 2.75) is 0 Å². The molecule has 0 aliphatic carbocycles. The molecule has 0 unspecified atom stereocenters. The Bertz CT molecular complexity index is 437. The van der Waals surface area contributed by atoms with Crippen LogP contribution in [0.25, 0.3) is 0 Å². The van der Waals surface area contributed by atoms with Crippen LogP contribution in [0.3, 0.4) is 0 Å². The fourth-order valence-electron chi connectivity index (χ4n) is 1.21. The van der Waals surface area contributed by atoms with E-state index in [4.69, 9.17) is 10.3 Å². The number of benzene rings is 2. The Morgan fingerprint density at radius 2 is 1.40 bits per heavy atom. The summed E-state index contributed by atoms with van der Waals surface area (Å²) >= 11 is 0. The summed E-state index contributed by atoms with van der Waals surface area (Å²) in [7, 11) is 0. The Balaban J connectivity index is 2.15. The number of ether oxygens (including phenoxy) is 1. The van der Waals surface area contributed by atoms with E-state index < -0.39 is 0 Å². The van der Waals surface area contributed by atoms with Crippen LogP contribution in [0, 0.1) is 5.53 Å². The van der Waals surface area contributed by atoms with Crippen LogP contribution in [0.2, 0.25) is 0 Å². The van der Waals surface area contributed by atoms with Gasteiger partial charge in [0.1, 0.15) is 11.5 Å². The lowest BCUT2D eigenvalue weighted by Crippen LogP contribution is -1.81. The Morgan fingerprint density at radius 3 is 2.00 bits per heavy atom. The zero-order chi connectivity index (χ0) is 10.5. The molecule has 0 aliphatic heterocycles. The molecule has 0 bridgehead atoms. The zero-order valence-electron chi connectivity index (χ0n) is 8.05. The number of hydrogen-bond acceptors (Lipinski definition) is 3. The maximum Gasteiger partial charge on any atom is 0.127 e. The second-order valence-electron chi connectivity index (χ2n) is 3.02. The van der Waals surface area contributed by atoms with Gasteiger partial charge in [0.05, 0.1) is 5.69 Å². The van der Waals surface area contributed by atoms with Gasteiger partial charge in [-0.2, -0.15) is 5.11 Å². The van der Waals surface area contributed by atoms with Crippen molar-refractivity contribution in [3.05, 3.63) is 54.6 Å². The Kier molecular flexibility index (Phi) is 2.74. The topological polar surface area (TPSA) is 45.4 Å². The van der Waals surface area contributed by atoms with E-state index in [-0.39, 0.29) is 0 Å². The monoisotopic (exact) mass is 198 g/mol. The molecule has 2 aromatic carbocycles. The van der Waals surface area contributed by atoms with E-state index in [9.17, 15) is 0 Å². The van der Waals surface area contributed by atoms with Crippen LogP contribution in [0.4, 0.5) is 5.69 Å². The van der Waals surface area contributed by atoms with Gasteiger partial charge in [0, 0.05) is 0 Å². The summed E-state index contributed by atoms with van der Waals surface area (Å²) in [5.41, 5.74) is 7.44. The molecule has 0 heterocycles. The minimum atomic E-state index is 0.621. The smallest absolute Gasteiger partial charge is 0.127 e. The molecule has 0 saturated carbocycles. The molecule has 3 nitrogen and oxygen atoms in total. The van der Waals surface area contributed by atoms with Crippen LogP contribution in [-0.4, -0.2) is 0 Å². The van der Waals surface area contributed by atoms with Crippen molar-refractivity contribution in [1.82, 2.24) is 0 Å². The number of nitrogens with zero attached hydrogens (tertiary/aromatic N) is 1. The zero-order valence-corrected chi connectivity index (χ0v) is 8.05. The van der Waals surface area contributed by atoms with Gasteiger partial charge in [-0.15, -0.1) is 0 Å². The number of hydrogen-bond donors (Lipinski definition) is 1. The molecule has 2 aromatic rings. The van der Waals surface area contributed by atoms with Crippen LogP contribution in [0.15, 0.2) is 59.7 Å². The van der Waals surface area contributed by atoms with Crippen molar-refractivity contribution in [3.63, 3.8) is 0 Å². The summed E-state index contributed by atoms with van der Waals surface area (Å²) in [6.07, 6.45) is 0. The summed E-state index contributed by atoms with van der Waals surface area (Å²) in [5, 5.41) is 3.31. The van der Waals surface area contributed by atoms with E-state index in [0.29, 0.717) is 5.69 Å². The van der Waals surface area contributed by atoms with Crippen LogP contribution in [0.5, 0.6) is 11.5 Å². The van der Waals surface area contributed by atoms with E-state index in [1.807, 2.05) is 30.3 Å². The molecule has 0 aliphatic rings. The highest BCUT2D eigenvalue weighted by Gasteiger charge is 1.95. The van der Waals surface area contributed by atoms with Gasteiger partial charge in [0.25, 0.3) is 0 Å². The number of rotatable bonds is 3. The second kappa shape index (κ2) is 4.37. The van der Waals surface area contributed by atoms with Gasteiger partial charge in [-0.1, -0.05) is 18.2 Å². The first-order chi connectivity index (χ1) is 7.38. The van der Waals surface area contributed by atoms with Gasteiger partial charge in [-0.05, 0) is 36.4 Å². The van der Waals surface area contributed by atoms with Crippen molar-refractivity contribution in [2.24, 2.45) is 5.11 Å². The third-order valence-electron chi connectivity index (χ3n) is 1.94. The average Bonchev–Trinajstić information content (AvgIpc) is 2.31. The molecule has 2 rings (SSSR count). The Hall–Kier alpha value is -2.16. The molecule has 3 heteroatoms. The van der Waals surface area contributed by atoms with E-state index >= 15 is 0 Å². The van der Waals surface area contributed by atoms with Crippen molar-refractivity contribution in [3.8, 4) is 11.5 Å². The van der Waals surface area contributed by atoms with Gasteiger partial charge in [0.2, 0.25) is 0 Å². The fourth-order valence-corrected chi connectivity index (χ4v) is 1.21. The summed E-state index contributed by atoms with van der Waals surface area (Å²) in [5.74, 6) is 1.54. The van der Waals surface area contributed by atoms with Gasteiger partial charge in [-0.25, -0.2) is 5.53 Å². The molecule has 0 amide bonds. The van der Waals surface area contributed by atoms with Crippen LogP contribution in [0.1, 0.15) is 0 Å². The average molecular weight is 198 g/mol. The Morgan fingerprint density at radius 1 is 0.800 bits per heavy atom. The third kappa shape index (κ3) is 2.40. The molecule has 0 saturated heterocycles. The molecule has 0 fully saturated rings. The first kappa shape index (κ1) is 9.40. The summed E-state index contributed by atoms with van der Waals surface area (Å²) in [6.45, 7) is 0. The maximum absolute atomic E-state index is 6.82. The summed E-state index contributed by atoms with van der Waals surface area (Å²) in [6, 6.07) is 16.6. The SMILES string of the molecule is N=Nc1ccc(Oc2ccccc2)cc1. The Labute approximate surface area is 87.8 Å². The molecule has 0 atom stereocenters. The summed E-state index contributed by atoms with van der Waals surface area (Å²) < 4.78 is 5.57. The van der Waals surface area contributed by atoms with Crippen molar-refractivity contribution in [1.29, 1.82) is 5.53 Å². The van der Waals surface area contributed by atoms with Crippen molar-refractivity contribution in [2.75, 3.05) is 0 Å². The van der Waals surface area contributed by atoms with E-state index in [1.54, 1.807) is 24.3 Å². The third-order valence-corrected chi connectivity index (χ3v) is 1.94. The highest BCUT2D eigenvalue weighted by molar-refractivity contribution is 5.41. The standard InChI is InChI=1S/C12H10N2O/c13-14-10-6-8-12(9-7-10)15-11-4-2-1-3-5-11/h1-9,13H. The predicted molar refractivity (Wildman–Crippen MR) is 57.8 cm³/mol. The lowest BCUT2D eigenvalue weighted by atomic mass is 10.3. The lowest BCUT2D eigenvalue weighted by Gasteiger charge is -2.04. The normalized spacial score (nSPS) is 9.60.